The molecule has 1 N–H and O–H groups in total. The lowest BCUT2D eigenvalue weighted by molar-refractivity contribution is -0.136. The molecule has 3 aliphatic heterocycles. The van der Waals surface area contributed by atoms with Crippen molar-refractivity contribution in [3.05, 3.63) is 29.3 Å². The van der Waals surface area contributed by atoms with Gasteiger partial charge >= 0.3 is 6.09 Å². The highest BCUT2D eigenvalue weighted by molar-refractivity contribution is 6.24. The Morgan fingerprint density at radius 2 is 1.88 bits per heavy atom. The molecular weight excluding hydrogens is 442 g/mol. The molecule has 0 spiro atoms. The maximum Gasteiger partial charge on any atom is 0.410 e. The maximum absolute atomic E-state index is 13.2. The fourth-order valence-corrected chi connectivity index (χ4v) is 4.51. The third-order valence-corrected chi connectivity index (χ3v) is 6.08. The number of nitrogens with one attached hydrogen (secondary N) is 1. The molecule has 34 heavy (non-hydrogen) atoms. The molecule has 3 heterocycles. The molecule has 2 saturated heterocycles. The Morgan fingerprint density at radius 1 is 1.12 bits per heavy atom. The molecule has 2 fully saturated rings. The zero-order valence-electron chi connectivity index (χ0n) is 19.6. The highest BCUT2D eigenvalue weighted by atomic mass is 16.6. The molecule has 0 aromatic heterocycles. The van der Waals surface area contributed by atoms with E-state index in [1.54, 1.807) is 17.0 Å². The first kappa shape index (κ1) is 23.7. The number of carbonyl (C=O) groups excluding carboxylic acids is 5. The van der Waals surface area contributed by atoms with Gasteiger partial charge in [0, 0.05) is 25.4 Å². The fraction of sp³-hybridized carbons (Fsp3) is 0.542. The van der Waals surface area contributed by atoms with Crippen molar-refractivity contribution in [1.29, 1.82) is 0 Å². The number of piperidine rings is 2. The van der Waals surface area contributed by atoms with Gasteiger partial charge in [-0.05, 0) is 52.2 Å². The smallest absolute Gasteiger partial charge is 0.410 e. The van der Waals surface area contributed by atoms with Gasteiger partial charge in [-0.25, -0.2) is 4.79 Å². The number of benzene rings is 1. The molecule has 10 heteroatoms. The van der Waals surface area contributed by atoms with Crippen molar-refractivity contribution >= 4 is 29.7 Å². The number of fused-ring (bicyclic) bond motifs is 1. The second kappa shape index (κ2) is 9.08. The molecular formula is C24H29N3O7. The van der Waals surface area contributed by atoms with E-state index in [4.69, 9.17) is 9.47 Å². The molecule has 0 radical (unpaired) electrons. The van der Waals surface area contributed by atoms with Gasteiger partial charge in [-0.3, -0.25) is 29.4 Å². The lowest BCUT2D eigenvalue weighted by Gasteiger charge is -2.34. The van der Waals surface area contributed by atoms with E-state index < -0.39 is 35.3 Å². The van der Waals surface area contributed by atoms with Crippen molar-refractivity contribution in [3.8, 4) is 5.75 Å². The average Bonchev–Trinajstić information content (AvgIpc) is 3.02. The van der Waals surface area contributed by atoms with Gasteiger partial charge in [0.15, 0.2) is 0 Å². The van der Waals surface area contributed by atoms with Crippen molar-refractivity contribution < 1.29 is 33.4 Å². The van der Waals surface area contributed by atoms with Gasteiger partial charge in [-0.2, -0.15) is 0 Å². The summed E-state index contributed by atoms with van der Waals surface area (Å²) in [6.07, 6.45) is 1.45. The van der Waals surface area contributed by atoms with Crippen molar-refractivity contribution in [1.82, 2.24) is 15.1 Å². The predicted molar refractivity (Wildman–Crippen MR) is 119 cm³/mol. The highest BCUT2D eigenvalue weighted by Crippen LogP contribution is 2.34. The molecule has 182 valence electrons. The van der Waals surface area contributed by atoms with E-state index in [1.807, 2.05) is 20.8 Å². The minimum atomic E-state index is -1.03. The molecule has 1 aromatic carbocycles. The standard InChI is InChI=1S/C24H29N3O7/c1-24(2,3)34-23(32)26-11-5-6-14(12-26)13-33-17-8-4-7-15-19(17)22(31)27(21(15)30)16-9-10-18(28)25-20(16)29/h4,7-8,14,16H,5-6,9-13H2,1-3H3,(H,25,28,29)/t14-,16?/m0/s1. The number of hydrogen-bond acceptors (Lipinski definition) is 7. The van der Waals surface area contributed by atoms with Crippen LogP contribution in [-0.4, -0.2) is 70.9 Å². The van der Waals surface area contributed by atoms with Crippen LogP contribution in [0.3, 0.4) is 0 Å². The second-order valence-corrected chi connectivity index (χ2v) is 9.87. The summed E-state index contributed by atoms with van der Waals surface area (Å²) in [5.41, 5.74) is -0.282. The number of nitrogens with zero attached hydrogens (tertiary/aromatic N) is 2. The molecule has 5 amide bonds. The van der Waals surface area contributed by atoms with Gasteiger partial charge < -0.3 is 14.4 Å². The lowest BCUT2D eigenvalue weighted by Crippen LogP contribution is -2.54. The minimum absolute atomic E-state index is 0.0376. The van der Waals surface area contributed by atoms with Crippen molar-refractivity contribution in [2.45, 2.75) is 58.1 Å². The van der Waals surface area contributed by atoms with E-state index in [0.29, 0.717) is 13.1 Å². The summed E-state index contributed by atoms with van der Waals surface area (Å²) < 4.78 is 11.4. The first-order valence-corrected chi connectivity index (χ1v) is 11.5. The van der Waals surface area contributed by atoms with Crippen LogP contribution in [0.4, 0.5) is 4.79 Å². The van der Waals surface area contributed by atoms with Gasteiger partial charge in [0.2, 0.25) is 11.8 Å². The van der Waals surface area contributed by atoms with E-state index in [1.165, 1.54) is 6.07 Å². The summed E-state index contributed by atoms with van der Waals surface area (Å²) in [5, 5.41) is 2.19. The summed E-state index contributed by atoms with van der Waals surface area (Å²) in [7, 11) is 0. The number of amides is 5. The number of ether oxygens (including phenoxy) is 2. The quantitative estimate of drug-likeness (QED) is 0.668. The fourth-order valence-electron chi connectivity index (χ4n) is 4.51. The van der Waals surface area contributed by atoms with Crippen molar-refractivity contribution in [3.63, 3.8) is 0 Å². The zero-order valence-corrected chi connectivity index (χ0v) is 19.6. The largest absolute Gasteiger partial charge is 0.492 e. The average molecular weight is 472 g/mol. The number of imide groups is 2. The molecule has 10 nitrogen and oxygen atoms in total. The second-order valence-electron chi connectivity index (χ2n) is 9.87. The molecule has 4 rings (SSSR count). The Hall–Kier alpha value is -3.43. The summed E-state index contributed by atoms with van der Waals surface area (Å²) >= 11 is 0. The summed E-state index contributed by atoms with van der Waals surface area (Å²) in [4.78, 5) is 64.9. The van der Waals surface area contributed by atoms with Crippen LogP contribution in [0.25, 0.3) is 0 Å². The van der Waals surface area contributed by atoms with Gasteiger partial charge in [-0.1, -0.05) is 6.07 Å². The monoisotopic (exact) mass is 471 g/mol. The zero-order chi connectivity index (χ0) is 24.6. The first-order chi connectivity index (χ1) is 16.0. The molecule has 0 aliphatic carbocycles. The third-order valence-electron chi connectivity index (χ3n) is 6.08. The normalized spacial score (nSPS) is 23.0. The Balaban J connectivity index is 1.45. The molecule has 0 saturated carbocycles. The van der Waals surface area contributed by atoms with Gasteiger partial charge in [0.25, 0.3) is 11.8 Å². The Kier molecular flexibility index (Phi) is 6.33. The number of carbonyl (C=O) groups is 5. The molecule has 1 aromatic rings. The van der Waals surface area contributed by atoms with Crippen LogP contribution >= 0.6 is 0 Å². The van der Waals surface area contributed by atoms with Crippen LogP contribution in [0.15, 0.2) is 18.2 Å². The van der Waals surface area contributed by atoms with Crippen molar-refractivity contribution in [2.75, 3.05) is 19.7 Å². The van der Waals surface area contributed by atoms with Crippen LogP contribution in [-0.2, 0) is 14.3 Å². The third kappa shape index (κ3) is 4.76. The maximum atomic E-state index is 13.2. The van der Waals surface area contributed by atoms with E-state index in [9.17, 15) is 24.0 Å². The van der Waals surface area contributed by atoms with Gasteiger partial charge in [-0.15, -0.1) is 0 Å². The van der Waals surface area contributed by atoms with Crippen molar-refractivity contribution in [2.24, 2.45) is 5.92 Å². The van der Waals surface area contributed by atoms with Crippen LogP contribution in [0.1, 0.15) is 67.2 Å². The van der Waals surface area contributed by atoms with E-state index in [0.717, 1.165) is 17.7 Å². The van der Waals surface area contributed by atoms with Gasteiger partial charge in [0.05, 0.1) is 17.7 Å². The Bertz CT molecular complexity index is 1050. The molecule has 1 unspecified atom stereocenters. The Morgan fingerprint density at radius 3 is 2.59 bits per heavy atom. The molecule has 2 atom stereocenters. The number of rotatable bonds is 4. The number of hydrogen-bond donors (Lipinski definition) is 1. The summed E-state index contributed by atoms with van der Waals surface area (Å²) in [6, 6.07) is 3.74. The molecule has 3 aliphatic rings. The molecule has 0 bridgehead atoms. The topological polar surface area (TPSA) is 122 Å². The van der Waals surface area contributed by atoms with E-state index >= 15 is 0 Å². The minimum Gasteiger partial charge on any atom is -0.492 e. The lowest BCUT2D eigenvalue weighted by atomic mass is 9.99. The first-order valence-electron chi connectivity index (χ1n) is 11.5. The van der Waals surface area contributed by atoms with Crippen LogP contribution in [0.2, 0.25) is 0 Å². The van der Waals surface area contributed by atoms with Crippen LogP contribution in [0, 0.1) is 5.92 Å². The summed E-state index contributed by atoms with van der Waals surface area (Å²) in [6.45, 7) is 6.81. The summed E-state index contributed by atoms with van der Waals surface area (Å²) in [5.74, 6) is -1.96. The van der Waals surface area contributed by atoms with E-state index in [2.05, 4.69) is 5.32 Å². The van der Waals surface area contributed by atoms with Crippen LogP contribution in [0.5, 0.6) is 5.75 Å². The van der Waals surface area contributed by atoms with Crippen LogP contribution < -0.4 is 10.1 Å². The predicted octanol–water partition coefficient (Wildman–Crippen LogP) is 2.11. The number of likely N-dealkylation sites (tertiary alicyclic amines) is 1. The Labute approximate surface area is 197 Å². The van der Waals surface area contributed by atoms with E-state index in [-0.39, 0.29) is 48.3 Å². The SMILES string of the molecule is CC(C)(C)OC(=O)N1CCC[C@H](COc2cccc3c2C(=O)N(C2CCC(=O)NC2=O)C3=O)C1. The van der Waals surface area contributed by atoms with Gasteiger partial charge in [0.1, 0.15) is 17.4 Å². The highest BCUT2D eigenvalue weighted by Gasteiger charge is 2.46.